The number of para-hydroxylation sites is 2. The van der Waals surface area contributed by atoms with E-state index < -0.39 is 0 Å². The van der Waals surface area contributed by atoms with E-state index in [-0.39, 0.29) is 5.56 Å². The number of piperidine rings is 1. The first-order valence-electron chi connectivity index (χ1n) is 8.54. The number of anilines is 1. The van der Waals surface area contributed by atoms with Crippen molar-refractivity contribution in [1.82, 2.24) is 9.47 Å². The van der Waals surface area contributed by atoms with E-state index in [4.69, 9.17) is 17.0 Å². The molecular weight excluding hydrogens is 334 g/mol. The number of fused-ring (bicyclic) bond motifs is 4. The minimum absolute atomic E-state index is 0.107. The van der Waals surface area contributed by atoms with Gasteiger partial charge >= 0.3 is 0 Å². The minimum Gasteiger partial charge on any atom is -0.495 e. The smallest absolute Gasteiger partial charge is 0.250 e. The molecule has 2 bridgehead atoms. The van der Waals surface area contributed by atoms with Crippen LogP contribution in [-0.4, -0.2) is 34.8 Å². The van der Waals surface area contributed by atoms with Crippen molar-refractivity contribution in [1.29, 1.82) is 0 Å². The number of rotatable bonds is 2. The van der Waals surface area contributed by atoms with Gasteiger partial charge in [-0.05, 0) is 42.8 Å². The van der Waals surface area contributed by atoms with Crippen LogP contribution in [0.15, 0.2) is 47.3 Å². The lowest BCUT2D eigenvalue weighted by molar-refractivity contribution is 0.180. The largest absolute Gasteiger partial charge is 0.495 e. The number of nitrogens with zero attached hydrogens (tertiary/aromatic N) is 2. The molecular formula is C19H21N3O2S. The number of ether oxygens (including phenoxy) is 1. The van der Waals surface area contributed by atoms with E-state index in [0.29, 0.717) is 16.9 Å². The molecule has 2 aromatic rings. The molecule has 1 N–H and O–H groups in total. The van der Waals surface area contributed by atoms with Gasteiger partial charge in [0.1, 0.15) is 5.75 Å². The van der Waals surface area contributed by atoms with Gasteiger partial charge in [-0.15, -0.1) is 0 Å². The van der Waals surface area contributed by atoms with Gasteiger partial charge in [0.25, 0.3) is 5.56 Å². The predicted octanol–water partition coefficient (Wildman–Crippen LogP) is 2.67. The van der Waals surface area contributed by atoms with Gasteiger partial charge in [-0.25, -0.2) is 0 Å². The van der Waals surface area contributed by atoms with E-state index in [1.54, 1.807) is 13.2 Å². The molecule has 0 amide bonds. The fraction of sp³-hybridized carbons (Fsp3) is 0.368. The lowest BCUT2D eigenvalue weighted by atomic mass is 9.83. The zero-order valence-corrected chi connectivity index (χ0v) is 15.0. The van der Waals surface area contributed by atoms with Gasteiger partial charge in [0.15, 0.2) is 5.11 Å². The third-order valence-electron chi connectivity index (χ3n) is 5.12. The lowest BCUT2D eigenvalue weighted by Crippen LogP contribution is -2.50. The molecule has 0 spiro atoms. The normalized spacial score (nSPS) is 21.4. The summed E-state index contributed by atoms with van der Waals surface area (Å²) in [6.07, 6.45) is 1.12. The molecule has 1 fully saturated rings. The Morgan fingerprint density at radius 2 is 2.00 bits per heavy atom. The summed E-state index contributed by atoms with van der Waals surface area (Å²) < 4.78 is 7.33. The maximum Gasteiger partial charge on any atom is 0.250 e. The highest BCUT2D eigenvalue weighted by Crippen LogP contribution is 2.35. The van der Waals surface area contributed by atoms with Crippen molar-refractivity contribution in [3.05, 3.63) is 58.5 Å². The summed E-state index contributed by atoms with van der Waals surface area (Å²) in [4.78, 5) is 14.3. The third kappa shape index (κ3) is 3.02. The maximum atomic E-state index is 12.1. The molecule has 0 radical (unpaired) electrons. The van der Waals surface area contributed by atoms with Crippen LogP contribution in [0.4, 0.5) is 5.69 Å². The monoisotopic (exact) mass is 355 g/mol. The SMILES string of the molecule is COc1ccccc1NC(=S)N1C[C@H]2C[C@@H](C1)c1cccc(=O)n1C2. The molecule has 1 saturated heterocycles. The summed E-state index contributed by atoms with van der Waals surface area (Å²) in [6.45, 7) is 2.48. The minimum atomic E-state index is 0.107. The topological polar surface area (TPSA) is 46.5 Å². The van der Waals surface area contributed by atoms with Crippen LogP contribution in [0.1, 0.15) is 18.0 Å². The highest BCUT2D eigenvalue weighted by molar-refractivity contribution is 7.80. The van der Waals surface area contributed by atoms with Gasteiger partial charge in [0.2, 0.25) is 0 Å². The van der Waals surface area contributed by atoms with Gasteiger partial charge in [0.05, 0.1) is 12.8 Å². The van der Waals surface area contributed by atoms with Crippen molar-refractivity contribution in [2.45, 2.75) is 18.9 Å². The zero-order valence-electron chi connectivity index (χ0n) is 14.1. The molecule has 1 aromatic heterocycles. The van der Waals surface area contributed by atoms with E-state index >= 15 is 0 Å². The third-order valence-corrected chi connectivity index (χ3v) is 5.48. The molecule has 0 unspecified atom stereocenters. The first-order chi connectivity index (χ1) is 12.2. The number of hydrogen-bond donors (Lipinski definition) is 1. The van der Waals surface area contributed by atoms with E-state index in [2.05, 4.69) is 16.3 Å². The number of benzene rings is 1. The standard InChI is InChI=1S/C19H21N3O2S/c1-24-17-7-3-2-5-15(17)20-19(25)21-10-13-9-14(12-21)16-6-4-8-18(23)22(16)11-13/h2-8,13-14H,9-12H2,1H3,(H,20,25)/t13-,14+/m1/s1. The molecule has 1 aromatic carbocycles. The van der Waals surface area contributed by atoms with Crippen LogP contribution < -0.4 is 15.6 Å². The summed E-state index contributed by atoms with van der Waals surface area (Å²) in [7, 11) is 1.66. The molecule has 25 heavy (non-hydrogen) atoms. The van der Waals surface area contributed by atoms with Crippen LogP contribution in [0.2, 0.25) is 0 Å². The summed E-state index contributed by atoms with van der Waals surface area (Å²) >= 11 is 5.66. The first kappa shape index (κ1) is 16.1. The Morgan fingerprint density at radius 3 is 2.84 bits per heavy atom. The molecule has 5 nitrogen and oxygen atoms in total. The summed E-state index contributed by atoms with van der Waals surface area (Å²) in [5.74, 6) is 1.57. The summed E-state index contributed by atoms with van der Waals surface area (Å²) in [6, 6.07) is 13.4. The van der Waals surface area contributed by atoms with E-state index in [1.807, 2.05) is 34.9 Å². The number of pyridine rings is 1. The number of nitrogens with one attached hydrogen (secondary N) is 1. The first-order valence-corrected chi connectivity index (χ1v) is 8.95. The van der Waals surface area contributed by atoms with Gasteiger partial charge in [-0.1, -0.05) is 18.2 Å². The number of aromatic nitrogens is 1. The summed E-state index contributed by atoms with van der Waals surface area (Å²) in [5.41, 5.74) is 2.12. The second-order valence-electron chi connectivity index (χ2n) is 6.73. The molecule has 4 rings (SSSR count). The van der Waals surface area contributed by atoms with Gasteiger partial charge < -0.3 is 19.5 Å². The Morgan fingerprint density at radius 1 is 1.16 bits per heavy atom. The second-order valence-corrected chi connectivity index (χ2v) is 7.12. The molecule has 0 aliphatic carbocycles. The molecule has 130 valence electrons. The number of methoxy groups -OCH3 is 1. The van der Waals surface area contributed by atoms with Gasteiger partial charge in [-0.3, -0.25) is 4.79 Å². The van der Waals surface area contributed by atoms with Crippen molar-refractivity contribution in [2.24, 2.45) is 5.92 Å². The van der Waals surface area contributed by atoms with Crippen molar-refractivity contribution in [3.8, 4) is 5.75 Å². The van der Waals surface area contributed by atoms with E-state index in [0.717, 1.165) is 43.2 Å². The fourth-order valence-corrected chi connectivity index (χ4v) is 4.26. The number of likely N-dealkylation sites (tertiary alicyclic amines) is 1. The number of hydrogen-bond acceptors (Lipinski definition) is 3. The average Bonchev–Trinajstić information content (AvgIpc) is 2.63. The molecule has 2 aliphatic rings. The van der Waals surface area contributed by atoms with Crippen LogP contribution in [0.5, 0.6) is 5.75 Å². The van der Waals surface area contributed by atoms with Crippen LogP contribution in [-0.2, 0) is 6.54 Å². The van der Waals surface area contributed by atoms with Crippen LogP contribution in [0.25, 0.3) is 0 Å². The average molecular weight is 355 g/mol. The Bertz CT molecular complexity index is 864. The number of thiocarbonyl (C=S) groups is 1. The molecule has 2 atom stereocenters. The predicted molar refractivity (Wildman–Crippen MR) is 102 cm³/mol. The van der Waals surface area contributed by atoms with E-state index in [9.17, 15) is 4.79 Å². The van der Waals surface area contributed by atoms with Crippen LogP contribution in [0, 0.1) is 5.92 Å². The highest BCUT2D eigenvalue weighted by Gasteiger charge is 2.35. The Hall–Kier alpha value is -2.34. The zero-order chi connectivity index (χ0) is 17.4. The molecule has 6 heteroatoms. The second kappa shape index (κ2) is 6.52. The van der Waals surface area contributed by atoms with E-state index in [1.165, 1.54) is 0 Å². The van der Waals surface area contributed by atoms with Crippen molar-refractivity contribution in [2.75, 3.05) is 25.5 Å². The summed E-state index contributed by atoms with van der Waals surface area (Å²) in [5, 5.41) is 4.03. The molecule has 0 saturated carbocycles. The van der Waals surface area contributed by atoms with Crippen LogP contribution >= 0.6 is 12.2 Å². The van der Waals surface area contributed by atoms with Gasteiger partial charge in [-0.2, -0.15) is 0 Å². The van der Waals surface area contributed by atoms with Crippen molar-refractivity contribution >= 4 is 23.0 Å². The Kier molecular flexibility index (Phi) is 4.21. The Labute approximate surface area is 152 Å². The quantitative estimate of drug-likeness (QED) is 0.840. The van der Waals surface area contributed by atoms with Gasteiger partial charge in [0, 0.05) is 37.3 Å². The van der Waals surface area contributed by atoms with Crippen molar-refractivity contribution in [3.63, 3.8) is 0 Å². The van der Waals surface area contributed by atoms with Crippen LogP contribution in [0.3, 0.4) is 0 Å². The Balaban J connectivity index is 1.54. The van der Waals surface area contributed by atoms with Crippen molar-refractivity contribution < 1.29 is 4.74 Å². The highest BCUT2D eigenvalue weighted by atomic mass is 32.1. The molecule has 3 heterocycles. The molecule has 2 aliphatic heterocycles. The fourth-order valence-electron chi connectivity index (χ4n) is 4.00. The maximum absolute atomic E-state index is 12.1. The lowest BCUT2D eigenvalue weighted by Gasteiger charge is -2.43.